The van der Waals surface area contributed by atoms with Crippen LogP contribution in [0.5, 0.6) is 5.75 Å². The first-order valence-corrected chi connectivity index (χ1v) is 8.19. The van der Waals surface area contributed by atoms with E-state index in [0.29, 0.717) is 0 Å². The Hall–Kier alpha value is -3.53. The third kappa shape index (κ3) is 3.17. The molecule has 0 saturated carbocycles. The number of amidine groups is 1. The molecule has 4 heteroatoms. The summed E-state index contributed by atoms with van der Waals surface area (Å²) < 4.78 is 0. The van der Waals surface area contributed by atoms with E-state index in [1.807, 2.05) is 37.3 Å². The maximum atomic E-state index is 10.0. The summed E-state index contributed by atoms with van der Waals surface area (Å²) in [4.78, 5) is 0. The Kier molecular flexibility index (Phi) is 4.76. The molecule has 4 N–H and O–H groups in total. The van der Waals surface area contributed by atoms with Gasteiger partial charge in [-0.3, -0.25) is 0 Å². The van der Waals surface area contributed by atoms with Crippen molar-refractivity contribution in [1.29, 1.82) is 0 Å². The molecule has 3 aromatic carbocycles. The predicted octanol–water partition coefficient (Wildman–Crippen LogP) is 4.77. The van der Waals surface area contributed by atoms with Gasteiger partial charge in [0, 0.05) is 0 Å². The third-order valence-corrected chi connectivity index (χ3v) is 4.34. The summed E-state index contributed by atoms with van der Waals surface area (Å²) in [7, 11) is 0. The fourth-order valence-corrected chi connectivity index (χ4v) is 3.01. The third-order valence-electron chi connectivity index (χ3n) is 4.34. The molecule has 130 valence electrons. The van der Waals surface area contributed by atoms with Gasteiger partial charge in [0.05, 0.1) is 5.56 Å². The Morgan fingerprint density at radius 3 is 2.50 bits per heavy atom. The summed E-state index contributed by atoms with van der Waals surface area (Å²) in [6.45, 7) is 5.93. The van der Waals surface area contributed by atoms with Gasteiger partial charge in [-0.1, -0.05) is 71.9 Å². The molecular formula is C22H20N2O2. The van der Waals surface area contributed by atoms with Crippen molar-refractivity contribution in [2.24, 2.45) is 10.9 Å². The molecule has 0 aliphatic heterocycles. The quantitative estimate of drug-likeness (QED) is 0.276. The fraction of sp³-hybridized carbons (Fsp3) is 0.0455. The van der Waals surface area contributed by atoms with Crippen LogP contribution >= 0.6 is 0 Å². The SMILES string of the molecule is C=Cc1ccccc1-c1ccc(C)cc1-c1ccc(O)c(C(N)=NO)c1. The molecule has 0 bridgehead atoms. The Balaban J connectivity index is 2.27. The van der Waals surface area contributed by atoms with Gasteiger partial charge in [0.25, 0.3) is 0 Å². The monoisotopic (exact) mass is 344 g/mol. The maximum absolute atomic E-state index is 10.0. The normalized spacial score (nSPS) is 11.3. The zero-order valence-electron chi connectivity index (χ0n) is 14.5. The van der Waals surface area contributed by atoms with Gasteiger partial charge in [0.1, 0.15) is 5.75 Å². The molecule has 0 spiro atoms. The summed E-state index contributed by atoms with van der Waals surface area (Å²) in [5, 5.41) is 22.0. The first kappa shape index (κ1) is 17.3. The Morgan fingerprint density at radius 2 is 1.77 bits per heavy atom. The largest absolute Gasteiger partial charge is 0.507 e. The van der Waals surface area contributed by atoms with Crippen molar-refractivity contribution in [3.05, 3.63) is 83.9 Å². The number of aromatic hydroxyl groups is 1. The molecule has 0 aliphatic rings. The molecule has 4 nitrogen and oxygen atoms in total. The van der Waals surface area contributed by atoms with Crippen LogP contribution in [0.2, 0.25) is 0 Å². The van der Waals surface area contributed by atoms with E-state index >= 15 is 0 Å². The predicted molar refractivity (Wildman–Crippen MR) is 106 cm³/mol. The van der Waals surface area contributed by atoms with Gasteiger partial charge in [0.15, 0.2) is 5.84 Å². The molecule has 0 unspecified atom stereocenters. The van der Waals surface area contributed by atoms with Crippen LogP contribution < -0.4 is 5.73 Å². The van der Waals surface area contributed by atoms with Crippen LogP contribution in [0.25, 0.3) is 28.3 Å². The second-order valence-corrected chi connectivity index (χ2v) is 6.06. The highest BCUT2D eigenvalue weighted by Crippen LogP contribution is 2.36. The highest BCUT2D eigenvalue weighted by atomic mass is 16.4. The first-order valence-electron chi connectivity index (χ1n) is 8.19. The summed E-state index contributed by atoms with van der Waals surface area (Å²) >= 11 is 0. The molecular weight excluding hydrogens is 324 g/mol. The number of aryl methyl sites for hydroxylation is 1. The fourth-order valence-electron chi connectivity index (χ4n) is 3.01. The van der Waals surface area contributed by atoms with Crippen LogP contribution in [0.4, 0.5) is 0 Å². The lowest BCUT2D eigenvalue weighted by Crippen LogP contribution is -2.13. The average Bonchev–Trinajstić information content (AvgIpc) is 2.67. The number of benzene rings is 3. The summed E-state index contributed by atoms with van der Waals surface area (Å²) in [5.74, 6) is -0.171. The minimum Gasteiger partial charge on any atom is -0.507 e. The number of phenolic OH excluding ortho intramolecular Hbond substituents is 1. The van der Waals surface area contributed by atoms with Crippen LogP contribution in [-0.2, 0) is 0 Å². The van der Waals surface area contributed by atoms with Crippen LogP contribution in [0.3, 0.4) is 0 Å². The van der Waals surface area contributed by atoms with Crippen molar-refractivity contribution in [3.8, 4) is 28.0 Å². The van der Waals surface area contributed by atoms with Crippen molar-refractivity contribution in [2.75, 3.05) is 0 Å². The lowest BCUT2D eigenvalue weighted by Gasteiger charge is -2.15. The van der Waals surface area contributed by atoms with E-state index in [0.717, 1.165) is 33.4 Å². The summed E-state index contributed by atoms with van der Waals surface area (Å²) in [5.41, 5.74) is 12.1. The second kappa shape index (κ2) is 7.15. The molecule has 0 atom stereocenters. The van der Waals surface area contributed by atoms with E-state index in [9.17, 15) is 5.11 Å². The van der Waals surface area contributed by atoms with E-state index in [-0.39, 0.29) is 17.1 Å². The number of nitrogens with two attached hydrogens (primary N) is 1. The minimum absolute atomic E-state index is 0.0373. The minimum atomic E-state index is -0.134. The Labute approximate surface area is 152 Å². The van der Waals surface area contributed by atoms with Crippen molar-refractivity contribution >= 4 is 11.9 Å². The number of phenols is 1. The standard InChI is InChI=1S/C22H20N2O2/c1-3-15-6-4-5-7-17(15)18-10-8-14(2)12-19(18)16-9-11-21(25)20(13-16)22(23)24-26/h3-13,25-26H,1H2,2H3,(H2,23,24). The van der Waals surface area contributed by atoms with Gasteiger partial charge in [-0.05, 0) is 46.9 Å². The van der Waals surface area contributed by atoms with E-state index < -0.39 is 0 Å². The zero-order chi connectivity index (χ0) is 18.7. The van der Waals surface area contributed by atoms with E-state index in [4.69, 9.17) is 10.9 Å². The van der Waals surface area contributed by atoms with Gasteiger partial charge >= 0.3 is 0 Å². The van der Waals surface area contributed by atoms with Crippen LogP contribution in [0, 0.1) is 6.92 Å². The topological polar surface area (TPSA) is 78.8 Å². The molecule has 26 heavy (non-hydrogen) atoms. The number of rotatable bonds is 4. The van der Waals surface area contributed by atoms with Crippen LogP contribution in [0.1, 0.15) is 16.7 Å². The number of nitrogens with zero attached hydrogens (tertiary/aromatic N) is 1. The lowest BCUT2D eigenvalue weighted by atomic mass is 9.90. The molecule has 0 amide bonds. The highest BCUT2D eigenvalue weighted by molar-refractivity contribution is 6.01. The van der Waals surface area contributed by atoms with Crippen LogP contribution in [-0.4, -0.2) is 16.1 Å². The smallest absolute Gasteiger partial charge is 0.173 e. The maximum Gasteiger partial charge on any atom is 0.173 e. The van der Waals surface area contributed by atoms with E-state index in [2.05, 4.69) is 36.0 Å². The molecule has 0 aromatic heterocycles. The first-order chi connectivity index (χ1) is 12.5. The van der Waals surface area contributed by atoms with Crippen molar-refractivity contribution in [3.63, 3.8) is 0 Å². The zero-order valence-corrected chi connectivity index (χ0v) is 14.5. The van der Waals surface area contributed by atoms with E-state index in [1.54, 1.807) is 12.1 Å². The molecule has 0 aliphatic carbocycles. The van der Waals surface area contributed by atoms with Crippen molar-refractivity contribution < 1.29 is 10.3 Å². The summed E-state index contributed by atoms with van der Waals surface area (Å²) in [6.07, 6.45) is 1.83. The average molecular weight is 344 g/mol. The van der Waals surface area contributed by atoms with Crippen molar-refractivity contribution in [1.82, 2.24) is 0 Å². The Morgan fingerprint density at radius 1 is 1.00 bits per heavy atom. The van der Waals surface area contributed by atoms with Crippen molar-refractivity contribution in [2.45, 2.75) is 6.92 Å². The molecule has 3 rings (SSSR count). The van der Waals surface area contributed by atoms with Crippen LogP contribution in [0.15, 0.2) is 72.4 Å². The lowest BCUT2D eigenvalue weighted by molar-refractivity contribution is 0.318. The number of hydrogen-bond donors (Lipinski definition) is 3. The molecule has 0 saturated heterocycles. The highest BCUT2D eigenvalue weighted by Gasteiger charge is 2.13. The van der Waals surface area contributed by atoms with Gasteiger partial charge in [0.2, 0.25) is 0 Å². The van der Waals surface area contributed by atoms with Gasteiger partial charge in [-0.2, -0.15) is 0 Å². The Bertz CT molecular complexity index is 1010. The van der Waals surface area contributed by atoms with Gasteiger partial charge in [-0.15, -0.1) is 0 Å². The molecule has 0 heterocycles. The van der Waals surface area contributed by atoms with Gasteiger partial charge < -0.3 is 16.0 Å². The molecule has 0 fully saturated rings. The summed E-state index contributed by atoms with van der Waals surface area (Å²) in [6, 6.07) is 19.3. The second-order valence-electron chi connectivity index (χ2n) is 6.06. The van der Waals surface area contributed by atoms with Gasteiger partial charge in [-0.25, -0.2) is 0 Å². The number of oxime groups is 1. The molecule has 0 radical (unpaired) electrons. The number of hydrogen-bond acceptors (Lipinski definition) is 3. The molecule has 3 aromatic rings. The van der Waals surface area contributed by atoms with E-state index in [1.165, 1.54) is 0 Å².